The highest BCUT2D eigenvalue weighted by Gasteiger charge is 2.03. The SMILES string of the molecule is C=CC(=O)OCCSc1c[nH]c2ccccc12. The number of H-pyrrole nitrogens is 1. The Bertz CT molecular complexity index is 533. The van der Waals surface area contributed by atoms with Crippen molar-refractivity contribution in [2.24, 2.45) is 0 Å². The molecule has 1 N–H and O–H groups in total. The summed E-state index contributed by atoms with van der Waals surface area (Å²) < 4.78 is 4.91. The molecule has 2 rings (SSSR count). The molecular formula is C13H13NO2S. The molecule has 0 bridgehead atoms. The number of rotatable bonds is 5. The number of benzene rings is 1. The first kappa shape index (κ1) is 11.8. The van der Waals surface area contributed by atoms with Gasteiger partial charge in [-0.3, -0.25) is 0 Å². The van der Waals surface area contributed by atoms with Crippen LogP contribution in [0.5, 0.6) is 0 Å². The lowest BCUT2D eigenvalue weighted by Crippen LogP contribution is -2.03. The molecule has 0 amide bonds. The summed E-state index contributed by atoms with van der Waals surface area (Å²) in [6.45, 7) is 3.74. The van der Waals surface area contributed by atoms with Crippen molar-refractivity contribution in [1.82, 2.24) is 4.98 Å². The number of para-hydroxylation sites is 1. The number of fused-ring (bicyclic) bond motifs is 1. The fourth-order valence-corrected chi connectivity index (χ4v) is 2.38. The minimum absolute atomic E-state index is 0.371. The minimum atomic E-state index is -0.371. The van der Waals surface area contributed by atoms with Gasteiger partial charge >= 0.3 is 5.97 Å². The maximum atomic E-state index is 10.8. The van der Waals surface area contributed by atoms with Gasteiger partial charge in [-0.25, -0.2) is 4.79 Å². The van der Waals surface area contributed by atoms with Gasteiger partial charge in [0.25, 0.3) is 0 Å². The number of aromatic amines is 1. The standard InChI is InChI=1S/C13H13NO2S/c1-2-13(15)16-7-8-17-12-9-14-11-6-4-3-5-10(11)12/h2-6,9,14H,1,7-8H2. The number of thioether (sulfide) groups is 1. The molecule has 0 aliphatic rings. The number of nitrogens with one attached hydrogen (secondary N) is 1. The van der Waals surface area contributed by atoms with Crippen LogP contribution < -0.4 is 0 Å². The van der Waals surface area contributed by atoms with Gasteiger partial charge in [0.2, 0.25) is 0 Å². The third kappa shape index (κ3) is 2.91. The fraction of sp³-hybridized carbons (Fsp3) is 0.154. The lowest BCUT2D eigenvalue weighted by Gasteiger charge is -2.01. The molecule has 17 heavy (non-hydrogen) atoms. The summed E-state index contributed by atoms with van der Waals surface area (Å²) >= 11 is 1.67. The number of carbonyl (C=O) groups excluding carboxylic acids is 1. The summed E-state index contributed by atoms with van der Waals surface area (Å²) in [6, 6.07) is 8.12. The quantitative estimate of drug-likeness (QED) is 0.382. The molecular weight excluding hydrogens is 234 g/mol. The number of ether oxygens (including phenoxy) is 1. The molecule has 1 heterocycles. The average molecular weight is 247 g/mol. The first-order chi connectivity index (χ1) is 8.31. The Morgan fingerprint density at radius 2 is 2.29 bits per heavy atom. The van der Waals surface area contributed by atoms with Gasteiger partial charge < -0.3 is 9.72 Å². The first-order valence-electron chi connectivity index (χ1n) is 5.29. The predicted molar refractivity (Wildman–Crippen MR) is 70.2 cm³/mol. The van der Waals surface area contributed by atoms with Crippen molar-refractivity contribution in [2.45, 2.75) is 4.90 Å². The molecule has 0 aliphatic heterocycles. The Hall–Kier alpha value is -1.68. The summed E-state index contributed by atoms with van der Waals surface area (Å²) in [4.78, 5) is 15.2. The van der Waals surface area contributed by atoms with Crippen molar-refractivity contribution in [3.05, 3.63) is 43.1 Å². The van der Waals surface area contributed by atoms with Crippen molar-refractivity contribution >= 4 is 28.6 Å². The van der Waals surface area contributed by atoms with Crippen LogP contribution in [-0.4, -0.2) is 23.3 Å². The summed E-state index contributed by atoms with van der Waals surface area (Å²) in [5.41, 5.74) is 1.12. The van der Waals surface area contributed by atoms with Crippen molar-refractivity contribution in [3.63, 3.8) is 0 Å². The molecule has 0 unspecified atom stereocenters. The van der Waals surface area contributed by atoms with Crippen LogP contribution in [0.25, 0.3) is 10.9 Å². The van der Waals surface area contributed by atoms with Gasteiger partial charge in [0.15, 0.2) is 0 Å². The van der Waals surface area contributed by atoms with E-state index in [2.05, 4.69) is 17.6 Å². The highest BCUT2D eigenvalue weighted by Crippen LogP contribution is 2.27. The van der Waals surface area contributed by atoms with Crippen LogP contribution in [0.2, 0.25) is 0 Å². The minimum Gasteiger partial charge on any atom is -0.462 e. The van der Waals surface area contributed by atoms with E-state index in [4.69, 9.17) is 4.74 Å². The van der Waals surface area contributed by atoms with Crippen LogP contribution >= 0.6 is 11.8 Å². The van der Waals surface area contributed by atoms with Gasteiger partial charge in [-0.15, -0.1) is 11.8 Å². The van der Waals surface area contributed by atoms with Gasteiger partial charge in [-0.1, -0.05) is 24.8 Å². The Morgan fingerprint density at radius 1 is 1.47 bits per heavy atom. The van der Waals surface area contributed by atoms with E-state index in [0.29, 0.717) is 6.61 Å². The van der Waals surface area contributed by atoms with Crippen molar-refractivity contribution in [3.8, 4) is 0 Å². The van der Waals surface area contributed by atoms with E-state index in [1.807, 2.05) is 24.4 Å². The predicted octanol–water partition coefficient (Wildman–Crippen LogP) is 2.99. The summed E-state index contributed by atoms with van der Waals surface area (Å²) in [6.07, 6.45) is 3.15. The Kier molecular flexibility index (Phi) is 3.88. The summed E-state index contributed by atoms with van der Waals surface area (Å²) in [5, 5.41) is 1.20. The zero-order valence-electron chi connectivity index (χ0n) is 9.31. The number of carbonyl (C=O) groups is 1. The molecule has 0 atom stereocenters. The van der Waals surface area contributed by atoms with Gasteiger partial charge in [-0.05, 0) is 6.07 Å². The van der Waals surface area contributed by atoms with Gasteiger partial charge in [0, 0.05) is 33.8 Å². The number of aromatic nitrogens is 1. The van der Waals surface area contributed by atoms with Crippen LogP contribution in [0, 0.1) is 0 Å². The van der Waals surface area contributed by atoms with Crippen LogP contribution in [0.3, 0.4) is 0 Å². The zero-order valence-corrected chi connectivity index (χ0v) is 10.1. The van der Waals surface area contributed by atoms with Crippen LogP contribution in [-0.2, 0) is 9.53 Å². The Balaban J connectivity index is 1.91. The van der Waals surface area contributed by atoms with E-state index in [0.717, 1.165) is 11.3 Å². The van der Waals surface area contributed by atoms with Crippen LogP contribution in [0.15, 0.2) is 48.0 Å². The van der Waals surface area contributed by atoms with E-state index >= 15 is 0 Å². The third-order valence-electron chi connectivity index (χ3n) is 2.30. The molecule has 0 saturated carbocycles. The monoisotopic (exact) mass is 247 g/mol. The fourth-order valence-electron chi connectivity index (χ4n) is 1.52. The molecule has 0 spiro atoms. The highest BCUT2D eigenvalue weighted by atomic mass is 32.2. The molecule has 1 aromatic heterocycles. The van der Waals surface area contributed by atoms with Crippen LogP contribution in [0.4, 0.5) is 0 Å². The maximum absolute atomic E-state index is 10.8. The molecule has 88 valence electrons. The largest absolute Gasteiger partial charge is 0.462 e. The molecule has 0 radical (unpaired) electrons. The van der Waals surface area contributed by atoms with Gasteiger partial charge in [0.05, 0.1) is 0 Å². The number of esters is 1. The normalized spacial score (nSPS) is 10.4. The molecule has 0 saturated heterocycles. The molecule has 0 fully saturated rings. The summed E-state index contributed by atoms with van der Waals surface area (Å²) in [5.74, 6) is 0.367. The van der Waals surface area contributed by atoms with Gasteiger partial charge in [0.1, 0.15) is 6.61 Å². The molecule has 0 aliphatic carbocycles. The zero-order chi connectivity index (χ0) is 12.1. The molecule has 1 aromatic carbocycles. The maximum Gasteiger partial charge on any atom is 0.330 e. The Labute approximate surface area is 104 Å². The van der Waals surface area contributed by atoms with Crippen LogP contribution in [0.1, 0.15) is 0 Å². The van der Waals surface area contributed by atoms with Gasteiger partial charge in [-0.2, -0.15) is 0 Å². The van der Waals surface area contributed by atoms with E-state index in [9.17, 15) is 4.79 Å². The van der Waals surface area contributed by atoms with Crippen molar-refractivity contribution in [2.75, 3.05) is 12.4 Å². The second-order valence-corrected chi connectivity index (χ2v) is 4.56. The molecule has 3 nitrogen and oxygen atoms in total. The average Bonchev–Trinajstić information content (AvgIpc) is 2.78. The Morgan fingerprint density at radius 3 is 3.12 bits per heavy atom. The highest BCUT2D eigenvalue weighted by molar-refractivity contribution is 7.99. The second-order valence-electron chi connectivity index (χ2n) is 3.42. The van der Waals surface area contributed by atoms with E-state index < -0.39 is 0 Å². The molecule has 2 aromatic rings. The topological polar surface area (TPSA) is 42.1 Å². The summed E-state index contributed by atoms with van der Waals surface area (Å²) in [7, 11) is 0. The van der Waals surface area contributed by atoms with E-state index in [-0.39, 0.29) is 5.97 Å². The van der Waals surface area contributed by atoms with E-state index in [1.54, 1.807) is 11.8 Å². The number of hydrogen-bond donors (Lipinski definition) is 1. The molecule has 4 heteroatoms. The smallest absolute Gasteiger partial charge is 0.330 e. The third-order valence-corrected chi connectivity index (χ3v) is 3.32. The number of hydrogen-bond acceptors (Lipinski definition) is 3. The second kappa shape index (κ2) is 5.59. The first-order valence-corrected chi connectivity index (χ1v) is 6.28. The van der Waals surface area contributed by atoms with Crippen molar-refractivity contribution < 1.29 is 9.53 Å². The van der Waals surface area contributed by atoms with Crippen molar-refractivity contribution in [1.29, 1.82) is 0 Å². The van der Waals surface area contributed by atoms with E-state index in [1.165, 1.54) is 16.4 Å². The lowest BCUT2D eigenvalue weighted by atomic mass is 10.2. The lowest BCUT2D eigenvalue weighted by molar-refractivity contribution is -0.137.